The van der Waals surface area contributed by atoms with Gasteiger partial charge in [0.25, 0.3) is 0 Å². The van der Waals surface area contributed by atoms with Gasteiger partial charge in [0.1, 0.15) is 5.60 Å². The van der Waals surface area contributed by atoms with Crippen molar-refractivity contribution in [3.8, 4) is 0 Å². The highest BCUT2D eigenvalue weighted by Crippen LogP contribution is 2.16. The largest absolute Gasteiger partial charge is 0.444 e. The van der Waals surface area contributed by atoms with Crippen LogP contribution >= 0.6 is 24.0 Å². The second kappa shape index (κ2) is 12.2. The van der Waals surface area contributed by atoms with Crippen LogP contribution in [-0.2, 0) is 11.2 Å². The van der Waals surface area contributed by atoms with Gasteiger partial charge < -0.3 is 15.8 Å². The molecule has 1 fully saturated rings. The summed E-state index contributed by atoms with van der Waals surface area (Å²) in [5.74, 6) is 0.506. The molecule has 1 saturated heterocycles. The number of likely N-dealkylation sites (N-methyl/N-ethyl adjacent to an activating group) is 1. The molecule has 0 saturated carbocycles. The first kappa shape index (κ1) is 25.5. The minimum atomic E-state index is -0.510. The molecule has 1 unspecified atom stereocenters. The molecule has 0 radical (unpaired) electrons. The number of halogens is 1. The Balaban J connectivity index is 0.00000420. The van der Waals surface area contributed by atoms with E-state index in [-0.39, 0.29) is 24.0 Å². The molecule has 164 valence electrons. The van der Waals surface area contributed by atoms with E-state index in [9.17, 15) is 4.79 Å². The van der Waals surface area contributed by atoms with Gasteiger partial charge in [0.15, 0.2) is 5.96 Å². The standard InChI is InChI=1S/C21H35N5O2.HI/c1-5-26-14-6-7-18(26)15-24-19(22)23-13-12-16-8-10-17(11-9-16)25-20(27)28-21(2,3)4;/h8-11,18H,5-7,12-15H2,1-4H3,(H,25,27)(H3,22,23,24);1H. The minimum absolute atomic E-state index is 0. The van der Waals surface area contributed by atoms with Gasteiger partial charge >= 0.3 is 6.09 Å². The van der Waals surface area contributed by atoms with E-state index >= 15 is 0 Å². The van der Waals surface area contributed by atoms with Crippen molar-refractivity contribution >= 4 is 41.7 Å². The molecule has 0 spiro atoms. The Hall–Kier alpha value is -1.55. The monoisotopic (exact) mass is 517 g/mol. The first-order valence-electron chi connectivity index (χ1n) is 10.1. The van der Waals surface area contributed by atoms with Crippen molar-refractivity contribution < 1.29 is 9.53 Å². The SMILES string of the molecule is CCN1CCCC1CN=C(N)NCCc1ccc(NC(=O)OC(C)(C)C)cc1.I. The number of carbonyl (C=O) groups is 1. The zero-order valence-electron chi connectivity index (χ0n) is 18.0. The molecular weight excluding hydrogens is 481 g/mol. The second-order valence-electron chi connectivity index (χ2n) is 8.15. The number of rotatable bonds is 7. The van der Waals surface area contributed by atoms with Crippen LogP contribution in [-0.4, -0.2) is 54.8 Å². The summed E-state index contributed by atoms with van der Waals surface area (Å²) >= 11 is 0. The van der Waals surface area contributed by atoms with Crippen LogP contribution in [0.2, 0.25) is 0 Å². The topological polar surface area (TPSA) is 92.0 Å². The van der Waals surface area contributed by atoms with E-state index in [2.05, 4.69) is 27.4 Å². The summed E-state index contributed by atoms with van der Waals surface area (Å²) in [6, 6.07) is 8.24. The summed E-state index contributed by atoms with van der Waals surface area (Å²) in [5.41, 5.74) is 7.35. The average molecular weight is 517 g/mol. The number of likely N-dealkylation sites (tertiary alicyclic amines) is 1. The van der Waals surface area contributed by atoms with E-state index in [0.29, 0.717) is 17.7 Å². The predicted molar refractivity (Wildman–Crippen MR) is 130 cm³/mol. The van der Waals surface area contributed by atoms with Crippen LogP contribution in [0.25, 0.3) is 0 Å². The zero-order chi connectivity index (χ0) is 20.6. The molecule has 1 amide bonds. The van der Waals surface area contributed by atoms with E-state index < -0.39 is 11.7 Å². The molecule has 1 aliphatic heterocycles. The van der Waals surface area contributed by atoms with E-state index in [4.69, 9.17) is 10.5 Å². The molecule has 2 rings (SSSR count). The highest BCUT2D eigenvalue weighted by Gasteiger charge is 2.22. The van der Waals surface area contributed by atoms with Crippen LogP contribution in [0.3, 0.4) is 0 Å². The molecule has 1 atom stereocenters. The van der Waals surface area contributed by atoms with Gasteiger partial charge in [-0.3, -0.25) is 15.2 Å². The molecule has 4 N–H and O–H groups in total. The lowest BCUT2D eigenvalue weighted by atomic mass is 10.1. The van der Waals surface area contributed by atoms with Crippen molar-refractivity contribution in [3.63, 3.8) is 0 Å². The second-order valence-corrected chi connectivity index (χ2v) is 8.15. The van der Waals surface area contributed by atoms with Gasteiger partial charge in [0.05, 0.1) is 6.54 Å². The maximum absolute atomic E-state index is 11.8. The van der Waals surface area contributed by atoms with Crippen molar-refractivity contribution in [2.24, 2.45) is 10.7 Å². The molecule has 0 bridgehead atoms. The Labute approximate surface area is 191 Å². The normalized spacial score (nSPS) is 17.5. The third kappa shape index (κ3) is 9.66. The fourth-order valence-electron chi connectivity index (χ4n) is 3.29. The summed E-state index contributed by atoms with van der Waals surface area (Å²) in [6.45, 7) is 11.4. The maximum atomic E-state index is 11.8. The summed E-state index contributed by atoms with van der Waals surface area (Å²) in [7, 11) is 0. The predicted octanol–water partition coefficient (Wildman–Crippen LogP) is 3.58. The first-order valence-corrected chi connectivity index (χ1v) is 10.1. The van der Waals surface area contributed by atoms with Crippen LogP contribution in [0.4, 0.5) is 10.5 Å². The molecule has 1 aromatic rings. The van der Waals surface area contributed by atoms with Crippen LogP contribution in [0.1, 0.15) is 46.1 Å². The summed E-state index contributed by atoms with van der Waals surface area (Å²) in [6.07, 6.45) is 2.83. The molecule has 0 aliphatic carbocycles. The Morgan fingerprint density at radius 1 is 1.31 bits per heavy atom. The number of hydrogen-bond donors (Lipinski definition) is 3. The highest BCUT2D eigenvalue weighted by molar-refractivity contribution is 14.0. The molecule has 29 heavy (non-hydrogen) atoms. The lowest BCUT2D eigenvalue weighted by molar-refractivity contribution is 0.0636. The number of ether oxygens (including phenoxy) is 1. The lowest BCUT2D eigenvalue weighted by Gasteiger charge is -2.21. The number of carbonyl (C=O) groups excluding carboxylic acids is 1. The van der Waals surface area contributed by atoms with Crippen molar-refractivity contribution in [1.29, 1.82) is 0 Å². The Morgan fingerprint density at radius 2 is 2.00 bits per heavy atom. The van der Waals surface area contributed by atoms with Gasteiger partial charge in [0.2, 0.25) is 0 Å². The summed E-state index contributed by atoms with van der Waals surface area (Å²) in [5, 5.41) is 5.91. The third-order valence-corrected chi connectivity index (χ3v) is 4.70. The molecule has 0 aromatic heterocycles. The molecule has 1 heterocycles. The van der Waals surface area contributed by atoms with Crippen molar-refractivity contribution in [2.75, 3.05) is 31.5 Å². The van der Waals surface area contributed by atoms with E-state index in [1.54, 1.807) is 0 Å². The number of nitrogens with two attached hydrogens (primary N) is 1. The number of guanidine groups is 1. The van der Waals surface area contributed by atoms with Gasteiger partial charge in [-0.25, -0.2) is 4.79 Å². The molecule has 1 aromatic carbocycles. The van der Waals surface area contributed by atoms with Crippen molar-refractivity contribution in [2.45, 2.75) is 58.6 Å². The van der Waals surface area contributed by atoms with Crippen LogP contribution in [0.5, 0.6) is 0 Å². The van der Waals surface area contributed by atoms with Crippen LogP contribution in [0.15, 0.2) is 29.3 Å². The van der Waals surface area contributed by atoms with Crippen molar-refractivity contribution in [3.05, 3.63) is 29.8 Å². The number of amides is 1. The Morgan fingerprint density at radius 3 is 2.62 bits per heavy atom. The molecule has 7 nitrogen and oxygen atoms in total. The first-order chi connectivity index (χ1) is 13.3. The van der Waals surface area contributed by atoms with Gasteiger partial charge in [-0.1, -0.05) is 19.1 Å². The number of anilines is 1. The number of nitrogens with zero attached hydrogens (tertiary/aromatic N) is 2. The van der Waals surface area contributed by atoms with E-state index in [0.717, 1.165) is 31.6 Å². The quantitative estimate of drug-likeness (QED) is 0.292. The van der Waals surface area contributed by atoms with Gasteiger partial charge in [-0.15, -0.1) is 24.0 Å². The summed E-state index contributed by atoms with van der Waals surface area (Å²) < 4.78 is 5.25. The molecule has 1 aliphatic rings. The van der Waals surface area contributed by atoms with E-state index in [1.807, 2.05) is 45.0 Å². The van der Waals surface area contributed by atoms with Crippen molar-refractivity contribution in [1.82, 2.24) is 10.2 Å². The van der Waals surface area contributed by atoms with E-state index in [1.165, 1.54) is 19.4 Å². The lowest BCUT2D eigenvalue weighted by Crippen LogP contribution is -2.36. The van der Waals surface area contributed by atoms with Gasteiger partial charge in [0, 0.05) is 18.3 Å². The average Bonchev–Trinajstić information content (AvgIpc) is 3.07. The maximum Gasteiger partial charge on any atom is 0.412 e. The Bertz CT molecular complexity index is 658. The third-order valence-electron chi connectivity index (χ3n) is 4.70. The fraction of sp³-hybridized carbons (Fsp3) is 0.619. The smallest absolute Gasteiger partial charge is 0.412 e. The van der Waals surface area contributed by atoms with Crippen LogP contribution < -0.4 is 16.4 Å². The van der Waals surface area contributed by atoms with Gasteiger partial charge in [-0.2, -0.15) is 0 Å². The van der Waals surface area contributed by atoms with Gasteiger partial charge in [-0.05, 0) is 70.8 Å². The summed E-state index contributed by atoms with van der Waals surface area (Å²) in [4.78, 5) is 18.7. The highest BCUT2D eigenvalue weighted by atomic mass is 127. The number of nitrogens with one attached hydrogen (secondary N) is 2. The minimum Gasteiger partial charge on any atom is -0.444 e. The zero-order valence-corrected chi connectivity index (χ0v) is 20.4. The number of benzene rings is 1. The van der Waals surface area contributed by atoms with Crippen LogP contribution in [0, 0.1) is 0 Å². The number of aliphatic imine (C=N–C) groups is 1. The number of hydrogen-bond acceptors (Lipinski definition) is 4. The fourth-order valence-corrected chi connectivity index (χ4v) is 3.29. The molecule has 8 heteroatoms. The molecular formula is C21H36IN5O2. The Kier molecular flexibility index (Phi) is 10.7.